The monoisotopic (exact) mass is 719 g/mol. The van der Waals surface area contributed by atoms with Crippen molar-refractivity contribution in [2.75, 3.05) is 32.1 Å². The highest BCUT2D eigenvalue weighted by atomic mass is 35.5. The van der Waals surface area contributed by atoms with Crippen molar-refractivity contribution in [1.29, 1.82) is 0 Å². The second-order valence-corrected chi connectivity index (χ2v) is 13.3. The molecule has 2 amide bonds. The van der Waals surface area contributed by atoms with Crippen LogP contribution in [0.5, 0.6) is 5.88 Å². The average Bonchev–Trinajstić information content (AvgIpc) is 3.54. The van der Waals surface area contributed by atoms with E-state index in [4.69, 9.17) is 32.9 Å². The Labute approximate surface area is 301 Å². The molecule has 10 nitrogen and oxygen atoms in total. The normalized spacial score (nSPS) is 16.4. The molecule has 0 bridgehead atoms. The zero-order valence-corrected chi connectivity index (χ0v) is 29.5. The molecule has 4 heterocycles. The average molecular weight is 721 g/mol. The van der Waals surface area contributed by atoms with Gasteiger partial charge in [-0.2, -0.15) is 0 Å². The van der Waals surface area contributed by atoms with Gasteiger partial charge in [0.05, 0.1) is 39.9 Å². The van der Waals surface area contributed by atoms with Gasteiger partial charge in [0.1, 0.15) is 0 Å². The van der Waals surface area contributed by atoms with E-state index in [9.17, 15) is 9.59 Å². The number of methoxy groups -OCH3 is 1. The van der Waals surface area contributed by atoms with E-state index < -0.39 is 0 Å². The molecule has 0 unspecified atom stereocenters. The fourth-order valence-electron chi connectivity index (χ4n) is 6.39. The summed E-state index contributed by atoms with van der Waals surface area (Å²) in [5.74, 6) is 0.260. The summed E-state index contributed by atoms with van der Waals surface area (Å²) in [5.41, 5.74) is 4.47. The van der Waals surface area contributed by atoms with Crippen LogP contribution in [0.2, 0.25) is 10.0 Å². The van der Waals surface area contributed by atoms with E-state index in [2.05, 4.69) is 26.3 Å². The fraction of sp³-hybridized carbons (Fsp3) is 0.351. The van der Waals surface area contributed by atoms with Crippen molar-refractivity contribution >= 4 is 46.4 Å². The minimum Gasteiger partial charge on any atom is -0.481 e. The van der Waals surface area contributed by atoms with Gasteiger partial charge in [0.15, 0.2) is 5.82 Å². The van der Waals surface area contributed by atoms with Gasteiger partial charge in [0.25, 0.3) is 0 Å². The van der Waals surface area contributed by atoms with E-state index in [0.717, 1.165) is 24.8 Å². The Hall–Kier alpha value is -4.29. The summed E-state index contributed by atoms with van der Waals surface area (Å²) in [6.07, 6.45) is 4.68. The molecule has 2 aliphatic heterocycles. The maximum absolute atomic E-state index is 15.7. The maximum Gasteiger partial charge on any atom is 0.220 e. The van der Waals surface area contributed by atoms with E-state index >= 15 is 4.39 Å². The molecule has 0 saturated carbocycles. The van der Waals surface area contributed by atoms with Gasteiger partial charge in [0.2, 0.25) is 17.7 Å². The van der Waals surface area contributed by atoms with Crippen LogP contribution in [0.3, 0.4) is 0 Å². The predicted octanol–water partition coefficient (Wildman–Crippen LogP) is 6.48. The summed E-state index contributed by atoms with van der Waals surface area (Å²) in [6.45, 7) is 4.53. The van der Waals surface area contributed by atoms with E-state index in [1.165, 1.54) is 0 Å². The number of anilines is 2. The van der Waals surface area contributed by atoms with Crippen molar-refractivity contribution < 1.29 is 18.7 Å². The van der Waals surface area contributed by atoms with Crippen molar-refractivity contribution in [3.8, 4) is 28.4 Å². The molecule has 262 valence electrons. The molecule has 4 aromatic rings. The number of hydrogen-bond acceptors (Lipinski definition) is 8. The molecule has 0 aliphatic carbocycles. The Bertz CT molecular complexity index is 1870. The lowest BCUT2D eigenvalue weighted by molar-refractivity contribution is -0.130. The van der Waals surface area contributed by atoms with Crippen molar-refractivity contribution in [3.05, 3.63) is 87.8 Å². The number of ether oxygens (including phenoxy) is 1. The van der Waals surface area contributed by atoms with Crippen molar-refractivity contribution in [2.45, 2.75) is 57.8 Å². The number of pyridine rings is 2. The van der Waals surface area contributed by atoms with Gasteiger partial charge in [-0.15, -0.1) is 0 Å². The molecule has 50 heavy (non-hydrogen) atoms. The van der Waals surface area contributed by atoms with E-state index in [0.29, 0.717) is 94.5 Å². The van der Waals surface area contributed by atoms with E-state index in [1.807, 2.05) is 29.2 Å². The largest absolute Gasteiger partial charge is 0.481 e. The zero-order chi connectivity index (χ0) is 35.2. The first kappa shape index (κ1) is 35.5. The van der Waals surface area contributed by atoms with Gasteiger partial charge in [0, 0.05) is 86.6 Å². The topological polar surface area (TPSA) is 121 Å². The molecule has 0 radical (unpaired) electrons. The summed E-state index contributed by atoms with van der Waals surface area (Å²) in [5, 5.41) is 13.6. The van der Waals surface area contributed by atoms with Crippen LogP contribution in [0.25, 0.3) is 22.5 Å². The molecule has 2 aromatic carbocycles. The Kier molecular flexibility index (Phi) is 11.5. The molecule has 13 heteroatoms. The lowest BCUT2D eigenvalue weighted by Crippen LogP contribution is -2.44. The molecular weight excluding hydrogens is 680 g/mol. The highest BCUT2D eigenvalue weighted by Gasteiger charge is 2.23. The third-order valence-corrected chi connectivity index (χ3v) is 10.0. The van der Waals surface area contributed by atoms with Gasteiger partial charge in [-0.3, -0.25) is 14.6 Å². The highest BCUT2D eigenvalue weighted by Crippen LogP contribution is 2.41. The van der Waals surface area contributed by atoms with E-state index in [1.54, 1.807) is 50.6 Å². The number of likely N-dealkylation sites (tertiary alicyclic amines) is 1. The van der Waals surface area contributed by atoms with Gasteiger partial charge in [-0.25, -0.2) is 9.37 Å². The second-order valence-electron chi connectivity index (χ2n) is 12.6. The predicted molar refractivity (Wildman–Crippen MR) is 194 cm³/mol. The molecule has 0 spiro atoms. The molecule has 6 rings (SSSR count). The Morgan fingerprint density at radius 1 is 0.980 bits per heavy atom. The third kappa shape index (κ3) is 8.18. The number of piperidine rings is 1. The lowest BCUT2D eigenvalue weighted by atomic mass is 10.0. The van der Waals surface area contributed by atoms with Crippen LogP contribution in [0.4, 0.5) is 15.8 Å². The smallest absolute Gasteiger partial charge is 0.220 e. The van der Waals surface area contributed by atoms with Gasteiger partial charge >= 0.3 is 0 Å². The molecule has 2 fully saturated rings. The van der Waals surface area contributed by atoms with Crippen molar-refractivity contribution in [2.24, 2.45) is 0 Å². The number of benzene rings is 2. The fourth-order valence-corrected chi connectivity index (χ4v) is 6.97. The van der Waals surface area contributed by atoms with Crippen LogP contribution in [-0.2, 0) is 22.7 Å². The third-order valence-electron chi connectivity index (χ3n) is 9.21. The number of amides is 2. The van der Waals surface area contributed by atoms with Crippen molar-refractivity contribution in [1.82, 2.24) is 30.8 Å². The van der Waals surface area contributed by atoms with Gasteiger partial charge in [-0.1, -0.05) is 53.5 Å². The summed E-state index contributed by atoms with van der Waals surface area (Å²) in [7, 11) is 1.57. The van der Waals surface area contributed by atoms with Gasteiger partial charge < -0.3 is 30.9 Å². The summed E-state index contributed by atoms with van der Waals surface area (Å²) in [4.78, 5) is 34.3. The SMILES string of the molecule is COc1nc(-c2ccnc(-c3cccc(Nc4cccc(CNC5CCN(C(C)=O)CC5)c4F)c3Cl)c2Cl)ccc1CNC[C@@H]1CCC(=O)N1. The number of carbonyl (C=O) groups is 2. The van der Waals surface area contributed by atoms with Crippen LogP contribution >= 0.6 is 23.2 Å². The first-order valence-electron chi connectivity index (χ1n) is 16.7. The highest BCUT2D eigenvalue weighted by molar-refractivity contribution is 6.39. The minimum atomic E-state index is -0.371. The first-order valence-corrected chi connectivity index (χ1v) is 17.5. The molecule has 2 saturated heterocycles. The van der Waals surface area contributed by atoms with E-state index in [-0.39, 0.29) is 29.7 Å². The van der Waals surface area contributed by atoms with Crippen LogP contribution < -0.4 is 26.0 Å². The lowest BCUT2D eigenvalue weighted by Gasteiger charge is -2.31. The van der Waals surface area contributed by atoms with Crippen molar-refractivity contribution in [3.63, 3.8) is 0 Å². The summed E-state index contributed by atoms with van der Waals surface area (Å²) in [6, 6.07) is 16.6. The number of hydrogen-bond donors (Lipinski definition) is 4. The Morgan fingerprint density at radius 3 is 2.50 bits per heavy atom. The van der Waals surface area contributed by atoms with Crippen LogP contribution in [0, 0.1) is 5.82 Å². The number of carbonyl (C=O) groups excluding carboxylic acids is 2. The van der Waals surface area contributed by atoms with Crippen LogP contribution in [-0.4, -0.2) is 65.5 Å². The number of halogens is 3. The second kappa shape index (κ2) is 16.2. The number of nitrogens with zero attached hydrogens (tertiary/aromatic N) is 3. The maximum atomic E-state index is 15.7. The Morgan fingerprint density at radius 2 is 1.76 bits per heavy atom. The molecule has 4 N–H and O–H groups in total. The first-order chi connectivity index (χ1) is 24.2. The van der Waals surface area contributed by atoms with Crippen LogP contribution in [0.15, 0.2) is 60.8 Å². The molecule has 2 aromatic heterocycles. The summed E-state index contributed by atoms with van der Waals surface area (Å²) >= 11 is 13.9. The molecule has 2 aliphatic rings. The quantitative estimate of drug-likeness (QED) is 0.131. The minimum absolute atomic E-state index is 0.0846. The number of rotatable bonds is 12. The standard InChI is InChI=1S/C37H40Cl2FN7O3/c1-22(48)47-17-14-25(15-18-47)43-20-23-5-3-8-31(35(23)40)45-30-7-4-6-28(33(30)38)36-34(39)27(13-16-42-36)29-11-9-24(37(46-29)50-2)19-41-21-26-10-12-32(49)44-26/h3-9,11,13,16,25-26,41,43,45H,10,12,14-15,17-21H2,1-2H3,(H,44,49)/t26-/m0/s1. The van der Waals surface area contributed by atoms with Crippen LogP contribution in [0.1, 0.15) is 43.7 Å². The molecular formula is C37H40Cl2FN7O3. The number of aromatic nitrogens is 2. The Balaban J connectivity index is 1.16. The van der Waals surface area contributed by atoms with Gasteiger partial charge in [-0.05, 0) is 43.5 Å². The number of nitrogens with one attached hydrogen (secondary N) is 4. The summed E-state index contributed by atoms with van der Waals surface area (Å²) < 4.78 is 21.3. The molecule has 1 atom stereocenters. The zero-order valence-electron chi connectivity index (χ0n) is 28.0.